The van der Waals surface area contributed by atoms with E-state index in [1.54, 1.807) is 6.07 Å². The van der Waals surface area contributed by atoms with E-state index in [1.807, 2.05) is 0 Å². The van der Waals surface area contributed by atoms with Crippen LogP contribution < -0.4 is 5.32 Å². The number of carbonyl (C=O) groups is 2. The topological polar surface area (TPSA) is 55.4 Å². The Morgan fingerprint density at radius 3 is 2.72 bits per heavy atom. The van der Waals surface area contributed by atoms with E-state index in [0.29, 0.717) is 4.47 Å². The van der Waals surface area contributed by atoms with Crippen molar-refractivity contribution in [3.05, 3.63) is 34.1 Å². The minimum atomic E-state index is -0.662. The molecule has 0 heterocycles. The van der Waals surface area contributed by atoms with Crippen LogP contribution in [0.15, 0.2) is 22.7 Å². The predicted octanol–water partition coefficient (Wildman–Crippen LogP) is 2.25. The van der Waals surface area contributed by atoms with E-state index in [1.165, 1.54) is 19.2 Å². The number of nitrogens with one attached hydrogen (secondary N) is 1. The molecule has 7 heteroatoms. The van der Waals surface area contributed by atoms with Crippen LogP contribution in [0.4, 0.5) is 4.39 Å². The molecule has 0 fully saturated rings. The second-order valence-electron chi connectivity index (χ2n) is 3.32. The van der Waals surface area contributed by atoms with Gasteiger partial charge in [0.05, 0.1) is 12.7 Å². The Hall–Kier alpha value is -0.950. The highest BCUT2D eigenvalue weighted by molar-refractivity contribution is 9.10. The first-order chi connectivity index (χ1) is 8.45. The van der Waals surface area contributed by atoms with Crippen molar-refractivity contribution < 1.29 is 18.7 Å². The number of benzene rings is 1. The van der Waals surface area contributed by atoms with Gasteiger partial charge < -0.3 is 10.1 Å². The zero-order valence-corrected chi connectivity index (χ0v) is 12.5. The van der Waals surface area contributed by atoms with E-state index in [-0.39, 0.29) is 12.1 Å². The van der Waals surface area contributed by atoms with E-state index < -0.39 is 22.5 Å². The SMILES string of the molecule is COC(=O)C(Br)CNC(=O)c1ccc(Br)cc1F. The van der Waals surface area contributed by atoms with Crippen molar-refractivity contribution in [3.63, 3.8) is 0 Å². The van der Waals surface area contributed by atoms with Gasteiger partial charge in [-0.25, -0.2) is 4.39 Å². The maximum Gasteiger partial charge on any atom is 0.321 e. The molecular weight excluding hydrogens is 373 g/mol. The fraction of sp³-hybridized carbons (Fsp3) is 0.273. The van der Waals surface area contributed by atoms with Gasteiger partial charge in [0.15, 0.2) is 0 Å². The second kappa shape index (κ2) is 6.84. The molecule has 1 unspecified atom stereocenters. The van der Waals surface area contributed by atoms with E-state index in [9.17, 15) is 14.0 Å². The summed E-state index contributed by atoms with van der Waals surface area (Å²) in [6.45, 7) is 0.0149. The van der Waals surface area contributed by atoms with Gasteiger partial charge in [0.25, 0.3) is 5.91 Å². The minimum absolute atomic E-state index is 0.0149. The first-order valence-electron chi connectivity index (χ1n) is 4.91. The molecule has 0 saturated heterocycles. The van der Waals surface area contributed by atoms with Crippen molar-refractivity contribution in [2.75, 3.05) is 13.7 Å². The number of alkyl halides is 1. The molecule has 1 N–H and O–H groups in total. The highest BCUT2D eigenvalue weighted by Gasteiger charge is 2.18. The van der Waals surface area contributed by atoms with Gasteiger partial charge in [-0.2, -0.15) is 0 Å². The summed E-state index contributed by atoms with van der Waals surface area (Å²) in [5, 5.41) is 2.43. The second-order valence-corrected chi connectivity index (χ2v) is 5.35. The van der Waals surface area contributed by atoms with E-state index >= 15 is 0 Å². The Morgan fingerprint density at radius 1 is 1.50 bits per heavy atom. The third-order valence-corrected chi connectivity index (χ3v) is 3.27. The number of esters is 1. The van der Waals surface area contributed by atoms with Crippen LogP contribution in [-0.2, 0) is 9.53 Å². The average molecular weight is 383 g/mol. The van der Waals surface area contributed by atoms with Crippen molar-refractivity contribution in [1.82, 2.24) is 5.32 Å². The van der Waals surface area contributed by atoms with Crippen LogP contribution in [-0.4, -0.2) is 30.4 Å². The highest BCUT2D eigenvalue weighted by atomic mass is 79.9. The Kier molecular flexibility index (Phi) is 5.74. The number of halogens is 3. The average Bonchev–Trinajstić information content (AvgIpc) is 2.34. The number of amides is 1. The van der Waals surface area contributed by atoms with Crippen LogP contribution in [0.2, 0.25) is 0 Å². The number of hydrogen-bond acceptors (Lipinski definition) is 3. The maximum atomic E-state index is 13.5. The van der Waals surface area contributed by atoms with Crippen LogP contribution >= 0.6 is 31.9 Å². The number of methoxy groups -OCH3 is 1. The lowest BCUT2D eigenvalue weighted by Crippen LogP contribution is -2.34. The first kappa shape index (κ1) is 15.1. The van der Waals surface area contributed by atoms with E-state index in [4.69, 9.17) is 0 Å². The highest BCUT2D eigenvalue weighted by Crippen LogP contribution is 2.15. The monoisotopic (exact) mass is 381 g/mol. The normalized spacial score (nSPS) is 11.8. The molecule has 0 radical (unpaired) electrons. The molecule has 98 valence electrons. The van der Waals surface area contributed by atoms with Crippen molar-refractivity contribution >= 4 is 43.7 Å². The Balaban J connectivity index is 2.63. The molecule has 0 aromatic heterocycles. The summed E-state index contributed by atoms with van der Waals surface area (Å²) in [5.74, 6) is -1.73. The molecule has 1 atom stereocenters. The molecule has 0 spiro atoms. The zero-order valence-electron chi connectivity index (χ0n) is 9.38. The quantitative estimate of drug-likeness (QED) is 0.641. The number of hydrogen-bond donors (Lipinski definition) is 1. The van der Waals surface area contributed by atoms with E-state index in [2.05, 4.69) is 41.9 Å². The van der Waals surface area contributed by atoms with Gasteiger partial charge >= 0.3 is 5.97 Å². The molecule has 1 rings (SSSR count). The van der Waals surface area contributed by atoms with Gasteiger partial charge in [-0.1, -0.05) is 31.9 Å². The van der Waals surface area contributed by atoms with Crippen LogP contribution in [0.1, 0.15) is 10.4 Å². The van der Waals surface area contributed by atoms with Gasteiger partial charge in [0.1, 0.15) is 10.6 Å². The van der Waals surface area contributed by atoms with Crippen molar-refractivity contribution in [1.29, 1.82) is 0 Å². The van der Waals surface area contributed by atoms with Gasteiger partial charge in [-0.05, 0) is 18.2 Å². The molecule has 0 saturated carbocycles. The standard InChI is InChI=1S/C11H10Br2FNO3/c1-18-11(17)8(13)5-15-10(16)7-3-2-6(12)4-9(7)14/h2-4,8H,5H2,1H3,(H,15,16). The van der Waals surface area contributed by atoms with Gasteiger partial charge in [-0.3, -0.25) is 9.59 Å². The van der Waals surface area contributed by atoms with Gasteiger partial charge in [0, 0.05) is 11.0 Å². The summed E-state index contributed by atoms with van der Waals surface area (Å²) in [6, 6.07) is 4.11. The van der Waals surface area contributed by atoms with E-state index in [0.717, 1.165) is 0 Å². The third-order valence-electron chi connectivity index (χ3n) is 2.07. The lowest BCUT2D eigenvalue weighted by Gasteiger charge is -2.09. The third kappa shape index (κ3) is 4.06. The fourth-order valence-corrected chi connectivity index (χ4v) is 1.84. The molecule has 4 nitrogen and oxygen atoms in total. The number of rotatable bonds is 4. The minimum Gasteiger partial charge on any atom is -0.468 e. The molecule has 18 heavy (non-hydrogen) atoms. The maximum absolute atomic E-state index is 13.5. The molecular formula is C11H10Br2FNO3. The summed E-state index contributed by atoms with van der Waals surface area (Å²) in [6.07, 6.45) is 0. The van der Waals surface area contributed by atoms with Crippen LogP contribution in [0, 0.1) is 5.82 Å². The number of ether oxygens (including phenoxy) is 1. The lowest BCUT2D eigenvalue weighted by atomic mass is 10.2. The number of carbonyl (C=O) groups excluding carboxylic acids is 2. The van der Waals surface area contributed by atoms with Crippen LogP contribution in [0.25, 0.3) is 0 Å². The van der Waals surface area contributed by atoms with Crippen molar-refractivity contribution in [2.45, 2.75) is 4.83 Å². The summed E-state index contributed by atoms with van der Waals surface area (Å²) < 4.78 is 18.5. The molecule has 0 aliphatic heterocycles. The van der Waals surface area contributed by atoms with Crippen molar-refractivity contribution in [3.8, 4) is 0 Å². The molecule has 1 aromatic carbocycles. The molecule has 0 aliphatic rings. The van der Waals surface area contributed by atoms with Crippen LogP contribution in [0.3, 0.4) is 0 Å². The summed E-state index contributed by atoms with van der Waals surface area (Å²) in [4.78, 5) is 22.1. The largest absolute Gasteiger partial charge is 0.468 e. The van der Waals surface area contributed by atoms with Crippen LogP contribution in [0.5, 0.6) is 0 Å². The molecule has 1 amide bonds. The summed E-state index contributed by atoms with van der Waals surface area (Å²) in [7, 11) is 1.24. The van der Waals surface area contributed by atoms with Gasteiger partial charge in [-0.15, -0.1) is 0 Å². The molecule has 0 aliphatic carbocycles. The summed E-state index contributed by atoms with van der Waals surface area (Å²) >= 11 is 6.14. The smallest absolute Gasteiger partial charge is 0.321 e. The van der Waals surface area contributed by atoms with Crippen molar-refractivity contribution in [2.24, 2.45) is 0 Å². The zero-order chi connectivity index (χ0) is 13.7. The molecule has 1 aromatic rings. The summed E-state index contributed by atoms with van der Waals surface area (Å²) in [5.41, 5.74) is -0.0808. The Labute approximate surface area is 120 Å². The van der Waals surface area contributed by atoms with Gasteiger partial charge in [0.2, 0.25) is 0 Å². The Morgan fingerprint density at radius 2 is 2.17 bits per heavy atom. The first-order valence-corrected chi connectivity index (χ1v) is 6.61. The lowest BCUT2D eigenvalue weighted by molar-refractivity contribution is -0.139. The fourth-order valence-electron chi connectivity index (χ4n) is 1.16. The Bertz CT molecular complexity index is 468. The predicted molar refractivity (Wildman–Crippen MR) is 71.2 cm³/mol. The molecule has 0 bridgehead atoms.